The van der Waals surface area contributed by atoms with Crippen molar-refractivity contribution in [3.05, 3.63) is 104 Å². The zero-order valence-corrected chi connectivity index (χ0v) is 31.9. The molecule has 0 aliphatic heterocycles. The van der Waals surface area contributed by atoms with E-state index in [0.717, 1.165) is 21.8 Å². The Morgan fingerprint density at radius 1 is 0.689 bits per heavy atom. The third-order valence-corrected chi connectivity index (χ3v) is 8.93. The molecule has 6 aromatic rings. The summed E-state index contributed by atoms with van der Waals surface area (Å²) in [6, 6.07) is 20.6. The number of hydrogen-bond donors (Lipinski definition) is 0. The molecule has 8 rings (SSSR count). The Labute approximate surface area is 309 Å². The van der Waals surface area contributed by atoms with E-state index in [-0.39, 0.29) is 10.6 Å². The van der Waals surface area contributed by atoms with Crippen molar-refractivity contribution in [1.82, 2.24) is 29.1 Å². The zero-order valence-electron chi connectivity index (χ0n) is 23.0. The molecule has 15 heteroatoms. The fourth-order valence-electron chi connectivity index (χ4n) is 4.68. The van der Waals surface area contributed by atoms with Crippen molar-refractivity contribution in [3.63, 3.8) is 0 Å². The van der Waals surface area contributed by atoms with Gasteiger partial charge in [-0.1, -0.05) is 48.0 Å². The van der Waals surface area contributed by atoms with Gasteiger partial charge in [-0.3, -0.25) is 0 Å². The molecule has 2 aliphatic carbocycles. The standard InChI is InChI=1S/C15H11BrClN3.C11H11N.C4HBrCl2N2.3ClH.Fe/c16-12-7-18-15(17)19-14(12)11-8-20(9-5-6-9)13-4-2-1-3-10(11)13;1-2-4-11-9(3-1)7-8-12(11)10-5-6-10;5-2-1-8-4(7)9-3(2)6;;;;/h1-4,7-9H,5-6H2;1-4,7-8,10H,5-6H2;1H;3*1H;/q;;;;;;+3/p-3. The molecule has 2 saturated carbocycles. The summed E-state index contributed by atoms with van der Waals surface area (Å²) in [6.45, 7) is 0. The Morgan fingerprint density at radius 3 is 1.87 bits per heavy atom. The summed E-state index contributed by atoms with van der Waals surface area (Å²) in [7, 11) is 14.7. The number of para-hydroxylation sites is 2. The van der Waals surface area contributed by atoms with Crippen molar-refractivity contribution >= 4 is 119 Å². The molecule has 45 heavy (non-hydrogen) atoms. The normalized spacial score (nSPS) is 14.1. The van der Waals surface area contributed by atoms with Crippen molar-refractivity contribution in [3.8, 4) is 11.3 Å². The number of rotatable bonds is 3. The Bertz CT molecular complexity index is 1910. The van der Waals surface area contributed by atoms with Gasteiger partial charge in [0.15, 0.2) is 0 Å². The summed E-state index contributed by atoms with van der Waals surface area (Å²) in [6.07, 6.45) is 12.8. The van der Waals surface area contributed by atoms with Gasteiger partial charge in [-0.25, -0.2) is 19.9 Å². The zero-order chi connectivity index (χ0) is 32.1. The number of hydrogen-bond acceptors (Lipinski definition) is 4. The second-order valence-electron chi connectivity index (χ2n) is 9.98. The van der Waals surface area contributed by atoms with E-state index in [1.807, 2.05) is 0 Å². The van der Waals surface area contributed by atoms with E-state index >= 15 is 0 Å². The first-order valence-corrected chi connectivity index (χ1v) is 20.7. The molecule has 0 spiro atoms. The van der Waals surface area contributed by atoms with Crippen LogP contribution in [-0.4, -0.2) is 29.1 Å². The second-order valence-corrected chi connectivity index (χ2v) is 18.2. The fraction of sp³-hybridized carbons (Fsp3) is 0.200. The van der Waals surface area contributed by atoms with Crippen molar-refractivity contribution in [2.75, 3.05) is 0 Å². The topological polar surface area (TPSA) is 61.4 Å². The summed E-state index contributed by atoms with van der Waals surface area (Å²) < 4.78 is 6.26. The van der Waals surface area contributed by atoms with Crippen LogP contribution in [0.15, 0.2) is 88.3 Å². The molecule has 0 unspecified atom stereocenters. The Kier molecular flexibility index (Phi) is 12.8. The third kappa shape index (κ3) is 9.73. The van der Waals surface area contributed by atoms with Crippen LogP contribution in [0, 0.1) is 0 Å². The van der Waals surface area contributed by atoms with Crippen LogP contribution in [0.2, 0.25) is 15.7 Å². The van der Waals surface area contributed by atoms with Crippen LogP contribution in [0.25, 0.3) is 33.1 Å². The minimum Gasteiger partial charge on any atom is -0.344 e. The molecule has 2 aliphatic rings. The van der Waals surface area contributed by atoms with Crippen LogP contribution >= 0.6 is 97.0 Å². The maximum Gasteiger partial charge on any atom is 0.0482 e. The molecule has 0 saturated heterocycles. The van der Waals surface area contributed by atoms with Crippen LogP contribution in [0.5, 0.6) is 0 Å². The van der Waals surface area contributed by atoms with Gasteiger partial charge in [0.2, 0.25) is 10.6 Å². The number of benzene rings is 2. The monoisotopic (exact) mass is 891 g/mol. The minimum atomic E-state index is -1.33. The summed E-state index contributed by atoms with van der Waals surface area (Å²) in [5.41, 5.74) is 4.59. The molecule has 0 radical (unpaired) electrons. The molecule has 0 atom stereocenters. The summed E-state index contributed by atoms with van der Waals surface area (Å²) in [4.78, 5) is 15.7. The van der Waals surface area contributed by atoms with Gasteiger partial charge < -0.3 is 9.13 Å². The predicted octanol–water partition coefficient (Wildman–Crippen LogP) is 12.4. The molecule has 6 nitrogen and oxygen atoms in total. The Balaban J connectivity index is 0.000000136. The van der Waals surface area contributed by atoms with Gasteiger partial charge in [-0.15, -0.1) is 0 Å². The van der Waals surface area contributed by atoms with E-state index in [4.69, 9.17) is 65.1 Å². The fourth-order valence-corrected chi connectivity index (χ4v) is 5.72. The van der Waals surface area contributed by atoms with Crippen molar-refractivity contribution in [2.45, 2.75) is 37.8 Å². The largest absolute Gasteiger partial charge is 0.344 e. The van der Waals surface area contributed by atoms with Crippen molar-refractivity contribution < 1.29 is 11.2 Å². The average molecular weight is 896 g/mol. The summed E-state index contributed by atoms with van der Waals surface area (Å²) >= 11 is 22.2. The van der Waals surface area contributed by atoms with E-state index in [2.05, 4.69) is 128 Å². The van der Waals surface area contributed by atoms with Crippen molar-refractivity contribution in [1.29, 1.82) is 0 Å². The number of halogens is 8. The quantitative estimate of drug-likeness (QED) is 0.101. The van der Waals surface area contributed by atoms with Crippen LogP contribution < -0.4 is 0 Å². The van der Waals surface area contributed by atoms with E-state index in [0.29, 0.717) is 15.7 Å². The Morgan fingerprint density at radius 2 is 1.24 bits per heavy atom. The average Bonchev–Trinajstić information content (AvgIpc) is 3.96. The smallest absolute Gasteiger partial charge is 0.0482 e. The summed E-state index contributed by atoms with van der Waals surface area (Å²) in [5.74, 6) is 0. The molecule has 4 aromatic heterocycles. The molecule has 0 N–H and O–H groups in total. The molecule has 2 aromatic carbocycles. The molecule has 0 amide bonds. The second kappa shape index (κ2) is 16.3. The van der Waals surface area contributed by atoms with E-state index in [1.54, 1.807) is 6.20 Å². The van der Waals surface area contributed by atoms with E-state index < -0.39 is 11.2 Å². The molecule has 2 fully saturated rings. The Hall–Kier alpha value is -1.10. The first-order valence-electron chi connectivity index (χ1n) is 13.5. The van der Waals surface area contributed by atoms with Gasteiger partial charge in [-0.2, -0.15) is 0 Å². The van der Waals surface area contributed by atoms with E-state index in [9.17, 15) is 0 Å². The summed E-state index contributed by atoms with van der Waals surface area (Å²) in [5, 5.41) is 3.32. The molecule has 4 heterocycles. The number of nitrogens with zero attached hydrogens (tertiary/aromatic N) is 6. The molecular weight excluding hydrogens is 873 g/mol. The van der Waals surface area contributed by atoms with Gasteiger partial charge in [0.1, 0.15) is 5.15 Å². The van der Waals surface area contributed by atoms with Crippen LogP contribution in [0.4, 0.5) is 0 Å². The van der Waals surface area contributed by atoms with Gasteiger partial charge in [-0.05, 0) is 104 Å². The van der Waals surface area contributed by atoms with Gasteiger partial charge in [0, 0.05) is 58.9 Å². The molecular formula is C30H23Br2Cl6FeN6. The first-order chi connectivity index (χ1) is 21.6. The van der Waals surface area contributed by atoms with Crippen LogP contribution in [0.3, 0.4) is 0 Å². The third-order valence-electron chi connectivity index (χ3n) is 6.89. The van der Waals surface area contributed by atoms with Crippen LogP contribution in [-0.2, 0) is 11.2 Å². The van der Waals surface area contributed by atoms with Crippen LogP contribution in [0.1, 0.15) is 37.8 Å². The maximum atomic E-state index is 5.95. The SMILES string of the molecule is Clc1ncc(Br)c(-c2cn(C3CC3)c3ccccc23)n1.Clc1ncc(Br)c(Cl)n1.[Cl][Fe]([Cl])[Cl].c1ccc2c(c1)ccn2C1CC1. The van der Waals surface area contributed by atoms with Crippen molar-refractivity contribution in [2.24, 2.45) is 0 Å². The number of aromatic nitrogens is 6. The van der Waals surface area contributed by atoms with Gasteiger partial charge in [0.25, 0.3) is 0 Å². The number of fused-ring (bicyclic) bond motifs is 2. The molecule has 237 valence electrons. The van der Waals surface area contributed by atoms with Gasteiger partial charge >= 0.3 is 41.5 Å². The first kappa shape index (κ1) is 35.2. The van der Waals surface area contributed by atoms with E-state index in [1.165, 1.54) is 53.7 Å². The maximum absolute atomic E-state index is 5.95. The minimum absolute atomic E-state index is 0.156. The molecule has 0 bridgehead atoms. The predicted molar refractivity (Wildman–Crippen MR) is 191 cm³/mol. The van der Waals surface area contributed by atoms with Gasteiger partial charge in [0.05, 0.1) is 14.6 Å².